The van der Waals surface area contributed by atoms with Gasteiger partial charge in [-0.25, -0.2) is 0 Å². The van der Waals surface area contributed by atoms with Crippen molar-refractivity contribution in [3.8, 4) is 0 Å². The van der Waals surface area contributed by atoms with E-state index >= 15 is 0 Å². The van der Waals surface area contributed by atoms with Gasteiger partial charge in [0, 0.05) is 13.0 Å². The second-order valence-electron chi connectivity index (χ2n) is 4.68. The highest BCUT2D eigenvalue weighted by atomic mass is 16.4. The minimum atomic E-state index is -0.782. The number of hydrogen-bond acceptors (Lipinski definition) is 4. The molecule has 0 aliphatic rings. The highest BCUT2D eigenvalue weighted by Gasteiger charge is 2.11. The monoisotopic (exact) mass is 273 g/mol. The van der Waals surface area contributed by atoms with Crippen molar-refractivity contribution in [1.29, 1.82) is 0 Å². The first kappa shape index (κ1) is 17.4. The van der Waals surface area contributed by atoms with E-state index in [2.05, 4.69) is 16.2 Å². The lowest BCUT2D eigenvalue weighted by Gasteiger charge is -2.14. The van der Waals surface area contributed by atoms with E-state index in [0.29, 0.717) is 6.42 Å². The Bertz CT molecular complexity index is 320. The van der Waals surface area contributed by atoms with Gasteiger partial charge in [-0.05, 0) is 19.8 Å². The van der Waals surface area contributed by atoms with Gasteiger partial charge in [0.1, 0.15) is 0 Å². The molecule has 0 aliphatic heterocycles. The molecule has 7 nitrogen and oxygen atoms in total. The van der Waals surface area contributed by atoms with Crippen LogP contribution in [0.1, 0.15) is 40.0 Å². The van der Waals surface area contributed by atoms with E-state index in [1.54, 1.807) is 6.92 Å². The molecule has 2 amide bonds. The Balaban J connectivity index is 3.64. The minimum Gasteiger partial charge on any atom is -0.481 e. The van der Waals surface area contributed by atoms with E-state index in [-0.39, 0.29) is 30.3 Å². The molecule has 0 aromatic carbocycles. The van der Waals surface area contributed by atoms with Crippen LogP contribution in [0, 0.1) is 5.92 Å². The number of carbonyl (C=O) groups is 3. The molecule has 110 valence electrons. The van der Waals surface area contributed by atoms with Gasteiger partial charge in [-0.15, -0.1) is 0 Å². The summed E-state index contributed by atoms with van der Waals surface area (Å²) in [5, 5.41) is 11.7. The lowest BCUT2D eigenvalue weighted by molar-refractivity contribution is -0.141. The molecule has 7 heteroatoms. The van der Waals surface area contributed by atoms with Crippen LogP contribution in [0.2, 0.25) is 0 Å². The number of hydrazine groups is 1. The lowest BCUT2D eigenvalue weighted by Crippen LogP contribution is -2.46. The van der Waals surface area contributed by atoms with Gasteiger partial charge in [0.05, 0.1) is 12.5 Å². The quantitative estimate of drug-likeness (QED) is 0.466. The number of aliphatic carboxylic acids is 1. The SMILES string of the molecule is CC(=O)NNC(=O)CNC(C)CCCC(C)C(=O)O. The van der Waals surface area contributed by atoms with Crippen molar-refractivity contribution >= 4 is 17.8 Å². The van der Waals surface area contributed by atoms with E-state index in [4.69, 9.17) is 5.11 Å². The van der Waals surface area contributed by atoms with E-state index in [1.165, 1.54) is 6.92 Å². The molecule has 2 atom stereocenters. The molecule has 0 aromatic rings. The molecular formula is C12H23N3O4. The number of carboxylic acid groups (broad SMARTS) is 1. The fraction of sp³-hybridized carbons (Fsp3) is 0.750. The number of hydrogen-bond donors (Lipinski definition) is 4. The average Bonchev–Trinajstić information content (AvgIpc) is 2.33. The first-order valence-electron chi connectivity index (χ1n) is 6.34. The van der Waals surface area contributed by atoms with E-state index in [1.807, 2.05) is 6.92 Å². The summed E-state index contributed by atoms with van der Waals surface area (Å²) in [5.74, 6) is -1.77. The van der Waals surface area contributed by atoms with Gasteiger partial charge in [-0.1, -0.05) is 13.3 Å². The Morgan fingerprint density at radius 3 is 2.26 bits per heavy atom. The second-order valence-corrected chi connectivity index (χ2v) is 4.68. The van der Waals surface area contributed by atoms with Gasteiger partial charge >= 0.3 is 5.97 Å². The maximum absolute atomic E-state index is 11.3. The number of carbonyl (C=O) groups excluding carboxylic acids is 2. The Hall–Kier alpha value is -1.63. The van der Waals surface area contributed by atoms with Gasteiger partial charge < -0.3 is 10.4 Å². The van der Waals surface area contributed by atoms with Crippen molar-refractivity contribution in [2.45, 2.75) is 46.1 Å². The van der Waals surface area contributed by atoms with Crippen LogP contribution in [-0.4, -0.2) is 35.5 Å². The molecule has 0 spiro atoms. The predicted octanol–water partition coefficient (Wildman–Crippen LogP) is 0.0228. The van der Waals surface area contributed by atoms with Crippen LogP contribution in [0.15, 0.2) is 0 Å². The zero-order chi connectivity index (χ0) is 14.8. The van der Waals surface area contributed by atoms with Gasteiger partial charge in [-0.2, -0.15) is 0 Å². The van der Waals surface area contributed by atoms with Gasteiger partial charge in [-0.3, -0.25) is 25.2 Å². The average molecular weight is 273 g/mol. The number of amides is 2. The molecule has 0 saturated carbocycles. The molecule has 0 radical (unpaired) electrons. The van der Waals surface area contributed by atoms with Crippen LogP contribution in [-0.2, 0) is 14.4 Å². The Labute approximate surface area is 113 Å². The zero-order valence-corrected chi connectivity index (χ0v) is 11.7. The molecule has 0 fully saturated rings. The fourth-order valence-electron chi connectivity index (χ4n) is 1.42. The first-order valence-corrected chi connectivity index (χ1v) is 6.34. The largest absolute Gasteiger partial charge is 0.481 e. The summed E-state index contributed by atoms with van der Waals surface area (Å²) in [4.78, 5) is 32.4. The number of nitrogens with one attached hydrogen (secondary N) is 3. The normalized spacial score (nSPS) is 13.4. The van der Waals surface area contributed by atoms with Crippen LogP contribution in [0.5, 0.6) is 0 Å². The standard InChI is InChI=1S/C12H23N3O4/c1-8(12(18)19)5-4-6-9(2)13-7-11(17)15-14-10(3)16/h8-9,13H,4-7H2,1-3H3,(H,14,16)(H,15,17)(H,18,19). The minimum absolute atomic E-state index is 0.107. The van der Waals surface area contributed by atoms with E-state index in [9.17, 15) is 14.4 Å². The van der Waals surface area contributed by atoms with Crippen molar-refractivity contribution in [3.05, 3.63) is 0 Å². The topological polar surface area (TPSA) is 108 Å². The van der Waals surface area contributed by atoms with Crippen molar-refractivity contribution < 1.29 is 19.5 Å². The molecule has 2 unspecified atom stereocenters. The smallest absolute Gasteiger partial charge is 0.306 e. The summed E-state index contributed by atoms with van der Waals surface area (Å²) in [6.45, 7) is 5.02. The molecule has 0 heterocycles. The summed E-state index contributed by atoms with van der Waals surface area (Å²) < 4.78 is 0. The molecule has 0 aliphatic carbocycles. The van der Waals surface area contributed by atoms with Crippen LogP contribution < -0.4 is 16.2 Å². The second kappa shape index (κ2) is 9.32. The molecular weight excluding hydrogens is 250 g/mol. The van der Waals surface area contributed by atoms with Crippen molar-refractivity contribution in [3.63, 3.8) is 0 Å². The number of carboxylic acids is 1. The Kier molecular flexibility index (Phi) is 8.52. The van der Waals surface area contributed by atoms with Gasteiger partial charge in [0.15, 0.2) is 0 Å². The summed E-state index contributed by atoms with van der Waals surface area (Å²) in [7, 11) is 0. The van der Waals surface area contributed by atoms with Gasteiger partial charge in [0.25, 0.3) is 5.91 Å². The molecule has 0 bridgehead atoms. The van der Waals surface area contributed by atoms with Crippen molar-refractivity contribution in [2.75, 3.05) is 6.54 Å². The molecule has 0 rings (SSSR count). The maximum Gasteiger partial charge on any atom is 0.306 e. The molecule has 4 N–H and O–H groups in total. The third-order valence-electron chi connectivity index (χ3n) is 2.68. The van der Waals surface area contributed by atoms with Gasteiger partial charge in [0.2, 0.25) is 5.91 Å². The third kappa shape index (κ3) is 10.0. The Morgan fingerprint density at radius 2 is 1.74 bits per heavy atom. The van der Waals surface area contributed by atoms with E-state index < -0.39 is 5.97 Å². The van der Waals surface area contributed by atoms with Crippen LogP contribution in [0.4, 0.5) is 0 Å². The highest BCUT2D eigenvalue weighted by Crippen LogP contribution is 2.09. The maximum atomic E-state index is 11.3. The fourth-order valence-corrected chi connectivity index (χ4v) is 1.42. The molecule has 0 aromatic heterocycles. The van der Waals surface area contributed by atoms with Crippen molar-refractivity contribution in [1.82, 2.24) is 16.2 Å². The first-order chi connectivity index (χ1) is 8.82. The van der Waals surface area contributed by atoms with Crippen molar-refractivity contribution in [2.24, 2.45) is 5.92 Å². The van der Waals surface area contributed by atoms with Crippen LogP contribution >= 0.6 is 0 Å². The third-order valence-corrected chi connectivity index (χ3v) is 2.68. The molecule has 19 heavy (non-hydrogen) atoms. The summed E-state index contributed by atoms with van der Waals surface area (Å²) in [6, 6.07) is 0.115. The molecule has 0 saturated heterocycles. The lowest BCUT2D eigenvalue weighted by atomic mass is 10.0. The van der Waals surface area contributed by atoms with Crippen LogP contribution in [0.25, 0.3) is 0 Å². The predicted molar refractivity (Wildman–Crippen MR) is 70.1 cm³/mol. The zero-order valence-electron chi connectivity index (χ0n) is 11.7. The summed E-state index contributed by atoms with van der Waals surface area (Å²) in [6.07, 6.45) is 2.21. The summed E-state index contributed by atoms with van der Waals surface area (Å²) >= 11 is 0. The Morgan fingerprint density at radius 1 is 1.11 bits per heavy atom. The number of rotatable bonds is 8. The van der Waals surface area contributed by atoms with Crippen LogP contribution in [0.3, 0.4) is 0 Å². The highest BCUT2D eigenvalue weighted by molar-refractivity contribution is 5.81. The van der Waals surface area contributed by atoms with E-state index in [0.717, 1.165) is 12.8 Å². The summed E-state index contributed by atoms with van der Waals surface area (Å²) in [5.41, 5.74) is 4.44.